The molecule has 0 radical (unpaired) electrons. The topological polar surface area (TPSA) is 68.2 Å². The molecule has 1 aliphatic rings. The van der Waals surface area contributed by atoms with Crippen LogP contribution < -0.4 is 10.3 Å². The predicted molar refractivity (Wildman–Crippen MR) is 129 cm³/mol. The first-order valence-electron chi connectivity index (χ1n) is 11.2. The molecule has 3 aromatic rings. The van der Waals surface area contributed by atoms with Crippen LogP contribution in [0.3, 0.4) is 0 Å². The van der Waals surface area contributed by atoms with E-state index in [4.69, 9.17) is 0 Å². The van der Waals surface area contributed by atoms with Gasteiger partial charge in [-0.15, -0.1) is 0 Å². The van der Waals surface area contributed by atoms with Gasteiger partial charge in [0.25, 0.3) is 5.56 Å². The summed E-state index contributed by atoms with van der Waals surface area (Å²) in [4.78, 5) is 13.3. The average molecular weight is 469 g/mol. The van der Waals surface area contributed by atoms with Crippen LogP contribution in [0.1, 0.15) is 41.5 Å². The van der Waals surface area contributed by atoms with Crippen molar-refractivity contribution in [3.8, 4) is 11.1 Å². The van der Waals surface area contributed by atoms with E-state index in [-0.39, 0.29) is 17.8 Å². The second-order valence-corrected chi connectivity index (χ2v) is 10.6. The molecule has 0 fully saturated rings. The molecule has 0 bridgehead atoms. The fourth-order valence-electron chi connectivity index (χ4n) is 4.88. The minimum absolute atomic E-state index is 0.129. The van der Waals surface area contributed by atoms with Crippen molar-refractivity contribution in [3.63, 3.8) is 0 Å². The number of fused-ring (bicyclic) bond motifs is 1. The van der Waals surface area contributed by atoms with Crippen LogP contribution >= 0.6 is 0 Å². The third-order valence-electron chi connectivity index (χ3n) is 6.43. The molecule has 0 amide bonds. The van der Waals surface area contributed by atoms with Crippen LogP contribution in [0.2, 0.25) is 0 Å². The Morgan fingerprint density at radius 1 is 1.15 bits per heavy atom. The Morgan fingerprint density at radius 2 is 1.91 bits per heavy atom. The molecule has 2 atom stereocenters. The first kappa shape index (κ1) is 23.4. The Labute approximate surface area is 194 Å². The molecule has 1 aromatic heterocycles. The van der Waals surface area contributed by atoms with Crippen LogP contribution in [0.15, 0.2) is 59.5 Å². The van der Waals surface area contributed by atoms with E-state index in [0.717, 1.165) is 22.9 Å². The Morgan fingerprint density at radius 3 is 2.61 bits per heavy atom. The van der Waals surface area contributed by atoms with Crippen molar-refractivity contribution in [2.45, 2.75) is 51.6 Å². The van der Waals surface area contributed by atoms with Crippen molar-refractivity contribution in [1.82, 2.24) is 9.29 Å². The number of aryl methyl sites for hydroxylation is 3. The van der Waals surface area contributed by atoms with E-state index < -0.39 is 22.0 Å². The van der Waals surface area contributed by atoms with E-state index in [1.54, 1.807) is 22.9 Å². The highest BCUT2D eigenvalue weighted by molar-refractivity contribution is 7.88. The molecule has 1 aliphatic carbocycles. The number of hydrogen-bond donors (Lipinski definition) is 1. The molecule has 33 heavy (non-hydrogen) atoms. The van der Waals surface area contributed by atoms with Gasteiger partial charge in [0, 0.05) is 35.8 Å². The van der Waals surface area contributed by atoms with E-state index in [0.29, 0.717) is 36.1 Å². The number of nitrogens with one attached hydrogen (secondary N) is 1. The second kappa shape index (κ2) is 9.23. The van der Waals surface area contributed by atoms with Crippen LogP contribution in [-0.2, 0) is 29.4 Å². The summed E-state index contributed by atoms with van der Waals surface area (Å²) < 4.78 is 44.2. The van der Waals surface area contributed by atoms with Gasteiger partial charge in [-0.3, -0.25) is 4.79 Å². The minimum atomic E-state index is -3.50. The maximum Gasteiger partial charge on any atom is 0.254 e. The summed E-state index contributed by atoms with van der Waals surface area (Å²) in [7, 11) is -3.50. The van der Waals surface area contributed by atoms with Crippen molar-refractivity contribution in [2.24, 2.45) is 0 Å². The molecule has 174 valence electrons. The highest BCUT2D eigenvalue weighted by Gasteiger charge is 2.34. The highest BCUT2D eigenvalue weighted by atomic mass is 32.2. The van der Waals surface area contributed by atoms with Crippen LogP contribution in [0, 0.1) is 12.7 Å². The summed E-state index contributed by atoms with van der Waals surface area (Å²) in [5.74, 6) is -0.794. The Kier molecular flexibility index (Phi) is 6.54. The monoisotopic (exact) mass is 468 g/mol. The summed E-state index contributed by atoms with van der Waals surface area (Å²) in [6.45, 7) is 4.37. The molecule has 2 unspecified atom stereocenters. The van der Waals surface area contributed by atoms with Crippen molar-refractivity contribution >= 4 is 10.0 Å². The smallest absolute Gasteiger partial charge is 0.254 e. The third kappa shape index (κ3) is 4.94. The number of sulfonamides is 1. The van der Waals surface area contributed by atoms with Gasteiger partial charge >= 0.3 is 0 Å². The number of aromatic nitrogens is 1. The van der Waals surface area contributed by atoms with Gasteiger partial charge < -0.3 is 4.57 Å². The fraction of sp³-hybridized carbons (Fsp3) is 0.346. The van der Waals surface area contributed by atoms with Crippen LogP contribution in [0.5, 0.6) is 0 Å². The van der Waals surface area contributed by atoms with E-state index in [2.05, 4.69) is 4.72 Å². The summed E-state index contributed by atoms with van der Waals surface area (Å²) in [6, 6.07) is 14.4. The zero-order chi connectivity index (χ0) is 23.8. The minimum Gasteiger partial charge on any atom is -0.316 e. The summed E-state index contributed by atoms with van der Waals surface area (Å²) in [6.07, 6.45) is 4.29. The molecular weight excluding hydrogens is 439 g/mol. The van der Waals surface area contributed by atoms with Crippen molar-refractivity contribution in [1.29, 1.82) is 0 Å². The van der Waals surface area contributed by atoms with Crippen LogP contribution in [-0.4, -0.2) is 25.3 Å². The van der Waals surface area contributed by atoms with E-state index in [9.17, 15) is 13.2 Å². The van der Waals surface area contributed by atoms with E-state index >= 15 is 4.39 Å². The van der Waals surface area contributed by atoms with Gasteiger partial charge in [-0.1, -0.05) is 48.0 Å². The molecule has 4 rings (SSSR count). The summed E-state index contributed by atoms with van der Waals surface area (Å²) in [5, 5.41) is 0. The molecule has 2 aromatic carbocycles. The largest absolute Gasteiger partial charge is 0.316 e. The van der Waals surface area contributed by atoms with Gasteiger partial charge in [0.15, 0.2) is 0 Å². The quantitative estimate of drug-likeness (QED) is 0.590. The number of halogens is 1. The normalized spacial score (nSPS) is 18.2. The molecule has 0 saturated heterocycles. The van der Waals surface area contributed by atoms with E-state index in [1.165, 1.54) is 0 Å². The van der Waals surface area contributed by atoms with Crippen LogP contribution in [0.25, 0.3) is 11.1 Å². The molecule has 1 heterocycles. The maximum absolute atomic E-state index is 15.7. The van der Waals surface area contributed by atoms with Gasteiger partial charge in [0.2, 0.25) is 10.0 Å². The molecule has 0 saturated carbocycles. The lowest BCUT2D eigenvalue weighted by atomic mass is 9.77. The Bertz CT molecular complexity index is 1350. The van der Waals surface area contributed by atoms with Gasteiger partial charge in [0.05, 0.1) is 6.26 Å². The lowest BCUT2D eigenvalue weighted by Gasteiger charge is -2.34. The lowest BCUT2D eigenvalue weighted by molar-refractivity contribution is 0.419. The fourth-order valence-corrected chi connectivity index (χ4v) is 5.71. The van der Waals surface area contributed by atoms with Gasteiger partial charge in [-0.05, 0) is 55.9 Å². The van der Waals surface area contributed by atoms with Gasteiger partial charge in [-0.2, -0.15) is 0 Å². The number of benzene rings is 2. The van der Waals surface area contributed by atoms with Gasteiger partial charge in [-0.25, -0.2) is 17.5 Å². The van der Waals surface area contributed by atoms with Crippen molar-refractivity contribution < 1.29 is 12.8 Å². The highest BCUT2D eigenvalue weighted by Crippen LogP contribution is 2.35. The maximum atomic E-state index is 15.7. The van der Waals surface area contributed by atoms with E-state index in [1.807, 2.05) is 50.2 Å². The number of pyridine rings is 1. The SMILES string of the molecule is CCn1ccc2c(c1=O)C(Cc1cccc(-c3cccc(C)c3)c1F)C(NS(C)(=O)=O)CC2. The molecule has 5 nitrogen and oxygen atoms in total. The molecule has 0 aliphatic heterocycles. The number of rotatable bonds is 6. The summed E-state index contributed by atoms with van der Waals surface area (Å²) >= 11 is 0. The standard InChI is InChI=1S/C26H29FN2O3S/c1-4-29-14-13-18-11-12-23(28-33(3,31)32)22(24(18)26(29)30)16-20-9-6-10-21(25(20)27)19-8-5-7-17(2)15-19/h5-10,13-15,22-23,28H,4,11-12,16H2,1-3H3. The van der Waals surface area contributed by atoms with Crippen LogP contribution in [0.4, 0.5) is 4.39 Å². The number of hydrogen-bond acceptors (Lipinski definition) is 3. The molecule has 1 N–H and O–H groups in total. The Hall–Kier alpha value is -2.77. The first-order chi connectivity index (χ1) is 15.7. The third-order valence-corrected chi connectivity index (χ3v) is 7.16. The van der Waals surface area contributed by atoms with Crippen molar-refractivity contribution in [3.05, 3.63) is 93.2 Å². The number of nitrogens with zero attached hydrogens (tertiary/aromatic N) is 1. The zero-order valence-electron chi connectivity index (χ0n) is 19.1. The molecule has 0 spiro atoms. The second-order valence-electron chi connectivity index (χ2n) is 8.84. The van der Waals surface area contributed by atoms with Crippen molar-refractivity contribution in [2.75, 3.05) is 6.26 Å². The zero-order valence-corrected chi connectivity index (χ0v) is 20.0. The molecular formula is C26H29FN2O3S. The first-order valence-corrected chi connectivity index (χ1v) is 13.1. The predicted octanol–water partition coefficient (Wildman–Crippen LogP) is 4.17. The summed E-state index contributed by atoms with van der Waals surface area (Å²) in [5.41, 5.74) is 4.17. The average Bonchev–Trinajstić information content (AvgIpc) is 2.76. The van der Waals surface area contributed by atoms with Gasteiger partial charge in [0.1, 0.15) is 5.82 Å². The molecule has 7 heteroatoms. The Balaban J connectivity index is 1.81. The lowest BCUT2D eigenvalue weighted by Crippen LogP contribution is -2.45.